The highest BCUT2D eigenvalue weighted by Crippen LogP contribution is 2.35. The zero-order valence-corrected chi connectivity index (χ0v) is 16.6. The molecule has 0 saturated heterocycles. The van der Waals surface area contributed by atoms with Gasteiger partial charge in [-0.15, -0.1) is 0 Å². The van der Waals surface area contributed by atoms with E-state index in [1.807, 2.05) is 37.3 Å². The predicted octanol–water partition coefficient (Wildman–Crippen LogP) is 3.36. The lowest BCUT2D eigenvalue weighted by Gasteiger charge is -2.18. The molecule has 8 nitrogen and oxygen atoms in total. The summed E-state index contributed by atoms with van der Waals surface area (Å²) < 4.78 is 38.8. The second-order valence-electron chi connectivity index (χ2n) is 7.41. The first-order chi connectivity index (χ1) is 14.5. The van der Waals surface area contributed by atoms with E-state index in [2.05, 4.69) is 10.1 Å². The highest BCUT2D eigenvalue weighted by atomic mass is 19.4. The molecule has 166 valence electrons. The normalized spacial score (nSPS) is 16.5. The molecule has 4 rings (SSSR count). The van der Waals surface area contributed by atoms with Gasteiger partial charge in [-0.25, -0.2) is 4.79 Å². The molecule has 0 spiro atoms. The van der Waals surface area contributed by atoms with Crippen LogP contribution in [0.3, 0.4) is 0 Å². The molecule has 1 saturated carbocycles. The lowest BCUT2D eigenvalue weighted by Crippen LogP contribution is -2.34. The van der Waals surface area contributed by atoms with Gasteiger partial charge in [0.15, 0.2) is 5.82 Å². The maximum atomic E-state index is 12.7. The van der Waals surface area contributed by atoms with Gasteiger partial charge in [-0.05, 0) is 37.3 Å². The third kappa shape index (κ3) is 4.76. The molecule has 11 heteroatoms. The van der Waals surface area contributed by atoms with Crippen LogP contribution in [-0.2, 0) is 10.3 Å². The Hall–Kier alpha value is -3.21. The summed E-state index contributed by atoms with van der Waals surface area (Å²) in [5, 5.41) is 12.8. The molecule has 1 unspecified atom stereocenters. The first kappa shape index (κ1) is 22.5. The van der Waals surface area contributed by atoms with Crippen molar-refractivity contribution in [2.45, 2.75) is 50.4 Å². The number of carboxylic acid groups (broad SMARTS) is 1. The predicted molar refractivity (Wildman–Crippen MR) is 104 cm³/mol. The van der Waals surface area contributed by atoms with Crippen molar-refractivity contribution in [1.82, 2.24) is 14.7 Å². The first-order valence-electron chi connectivity index (χ1n) is 9.56. The molecule has 1 aliphatic rings. The van der Waals surface area contributed by atoms with Crippen LogP contribution in [-0.4, -0.2) is 32.0 Å². The maximum absolute atomic E-state index is 12.7. The monoisotopic (exact) mass is 438 g/mol. The Labute approximate surface area is 174 Å². The van der Waals surface area contributed by atoms with Crippen LogP contribution in [0.1, 0.15) is 50.4 Å². The number of hydrogen-bond acceptors (Lipinski definition) is 6. The van der Waals surface area contributed by atoms with Gasteiger partial charge in [0, 0.05) is 11.6 Å². The molecular formula is C20H21F3N4O4. The van der Waals surface area contributed by atoms with Crippen molar-refractivity contribution in [2.75, 3.05) is 0 Å². The summed E-state index contributed by atoms with van der Waals surface area (Å²) >= 11 is 0. The van der Waals surface area contributed by atoms with E-state index in [1.165, 1.54) is 0 Å². The van der Waals surface area contributed by atoms with Gasteiger partial charge in [-0.3, -0.25) is 4.79 Å². The summed E-state index contributed by atoms with van der Waals surface area (Å²) in [6.07, 6.45) is 0.597. The number of aliphatic carboxylic acids is 1. The fourth-order valence-electron chi connectivity index (χ4n) is 3.47. The number of halogens is 3. The molecule has 0 radical (unpaired) electrons. The number of nitrogens with two attached hydrogens (primary N) is 1. The van der Waals surface area contributed by atoms with Gasteiger partial charge in [-0.1, -0.05) is 36.2 Å². The van der Waals surface area contributed by atoms with Crippen LogP contribution in [0.15, 0.2) is 45.8 Å². The van der Waals surface area contributed by atoms with E-state index in [0.29, 0.717) is 17.1 Å². The van der Waals surface area contributed by atoms with E-state index in [1.54, 1.807) is 10.8 Å². The van der Waals surface area contributed by atoms with Crippen molar-refractivity contribution in [3.8, 4) is 0 Å². The standard InChI is InChI=1S/C18H20N4O2.C2HF3O2/c1-12(15-20-17(21-24-15)18(19)9-4-5-10-18)22-11-8-13-6-2-3-7-14(13)16(22)23;3-2(4,5)1(6)7/h2-3,6-8,11-12H,4-5,9-10,19H2,1H3;(H,6,7). The summed E-state index contributed by atoms with van der Waals surface area (Å²) in [5.74, 6) is -1.79. The van der Waals surface area contributed by atoms with Crippen LogP contribution < -0.4 is 11.3 Å². The van der Waals surface area contributed by atoms with Crippen LogP contribution >= 0.6 is 0 Å². The van der Waals surface area contributed by atoms with Crippen LogP contribution in [0.4, 0.5) is 13.2 Å². The Morgan fingerprint density at radius 3 is 2.48 bits per heavy atom. The fourth-order valence-corrected chi connectivity index (χ4v) is 3.47. The molecule has 3 N–H and O–H groups in total. The number of alkyl halides is 3. The van der Waals surface area contributed by atoms with E-state index in [0.717, 1.165) is 31.1 Å². The Bertz CT molecular complexity index is 1130. The number of pyridine rings is 1. The van der Waals surface area contributed by atoms with Crippen LogP contribution in [0, 0.1) is 0 Å². The largest absolute Gasteiger partial charge is 0.490 e. The summed E-state index contributed by atoms with van der Waals surface area (Å²) in [4.78, 5) is 26.1. The SMILES string of the molecule is CC(c1nc(C2(N)CCCC2)no1)n1ccc2ccccc2c1=O.O=C(O)C(F)(F)F. The van der Waals surface area contributed by atoms with Crippen LogP contribution in [0.25, 0.3) is 10.8 Å². The Balaban J connectivity index is 0.000000339. The zero-order valence-electron chi connectivity index (χ0n) is 16.6. The second kappa shape index (κ2) is 8.50. The van der Waals surface area contributed by atoms with Gasteiger partial charge in [0.1, 0.15) is 6.04 Å². The maximum Gasteiger partial charge on any atom is 0.490 e. The number of fused-ring (bicyclic) bond motifs is 1. The van der Waals surface area contributed by atoms with Crippen molar-refractivity contribution in [2.24, 2.45) is 5.73 Å². The highest BCUT2D eigenvalue weighted by molar-refractivity contribution is 5.81. The highest BCUT2D eigenvalue weighted by Gasteiger charge is 2.38. The number of benzene rings is 1. The number of carboxylic acids is 1. The van der Waals surface area contributed by atoms with Gasteiger partial charge < -0.3 is 19.9 Å². The van der Waals surface area contributed by atoms with Crippen LogP contribution in [0.2, 0.25) is 0 Å². The molecule has 0 aliphatic heterocycles. The molecule has 3 aromatic rings. The third-order valence-electron chi connectivity index (χ3n) is 5.24. The van der Waals surface area contributed by atoms with Gasteiger partial charge in [0.2, 0.25) is 5.89 Å². The molecule has 1 atom stereocenters. The summed E-state index contributed by atoms with van der Waals surface area (Å²) in [6, 6.07) is 9.12. The first-order valence-corrected chi connectivity index (χ1v) is 9.56. The van der Waals surface area contributed by atoms with Gasteiger partial charge >= 0.3 is 12.1 Å². The van der Waals surface area contributed by atoms with Crippen molar-refractivity contribution < 1.29 is 27.6 Å². The third-order valence-corrected chi connectivity index (χ3v) is 5.24. The Morgan fingerprint density at radius 1 is 1.26 bits per heavy atom. The average molecular weight is 438 g/mol. The minimum Gasteiger partial charge on any atom is -0.475 e. The van der Waals surface area contributed by atoms with Crippen molar-refractivity contribution in [3.05, 3.63) is 58.6 Å². The molecule has 1 aromatic carbocycles. The molecule has 0 amide bonds. The topological polar surface area (TPSA) is 124 Å². The lowest BCUT2D eigenvalue weighted by molar-refractivity contribution is -0.192. The van der Waals surface area contributed by atoms with Crippen molar-refractivity contribution >= 4 is 16.7 Å². The summed E-state index contributed by atoms with van der Waals surface area (Å²) in [7, 11) is 0. The van der Waals surface area contributed by atoms with Gasteiger partial charge in [0.25, 0.3) is 5.56 Å². The molecular weight excluding hydrogens is 417 g/mol. The summed E-state index contributed by atoms with van der Waals surface area (Å²) in [6.45, 7) is 1.88. The van der Waals surface area contributed by atoms with Crippen molar-refractivity contribution in [3.63, 3.8) is 0 Å². The van der Waals surface area contributed by atoms with Gasteiger partial charge in [-0.2, -0.15) is 18.2 Å². The van der Waals surface area contributed by atoms with Crippen LogP contribution in [0.5, 0.6) is 0 Å². The zero-order chi connectivity index (χ0) is 22.8. The number of carbonyl (C=O) groups is 1. The lowest BCUT2D eigenvalue weighted by atomic mass is 9.99. The number of aromatic nitrogens is 3. The van der Waals surface area contributed by atoms with Gasteiger partial charge in [0.05, 0.1) is 5.54 Å². The van der Waals surface area contributed by atoms with E-state index in [9.17, 15) is 18.0 Å². The molecule has 2 heterocycles. The van der Waals surface area contributed by atoms with E-state index in [4.69, 9.17) is 20.2 Å². The average Bonchev–Trinajstić information content (AvgIpc) is 3.38. The van der Waals surface area contributed by atoms with Crippen molar-refractivity contribution in [1.29, 1.82) is 0 Å². The van der Waals surface area contributed by atoms with E-state index < -0.39 is 17.7 Å². The number of nitrogens with zero attached hydrogens (tertiary/aromatic N) is 3. The molecule has 1 aliphatic carbocycles. The molecule has 1 fully saturated rings. The molecule has 31 heavy (non-hydrogen) atoms. The fraction of sp³-hybridized carbons (Fsp3) is 0.400. The van der Waals surface area contributed by atoms with E-state index >= 15 is 0 Å². The minimum atomic E-state index is -5.08. The minimum absolute atomic E-state index is 0.0660. The number of rotatable bonds is 3. The summed E-state index contributed by atoms with van der Waals surface area (Å²) in [5.41, 5.74) is 5.83. The second-order valence-corrected chi connectivity index (χ2v) is 7.41. The molecule has 0 bridgehead atoms. The Morgan fingerprint density at radius 2 is 1.87 bits per heavy atom. The molecule has 2 aromatic heterocycles. The van der Waals surface area contributed by atoms with E-state index in [-0.39, 0.29) is 11.6 Å². The smallest absolute Gasteiger partial charge is 0.475 e. The quantitative estimate of drug-likeness (QED) is 0.642. The Kier molecular flexibility index (Phi) is 6.16. The number of hydrogen-bond donors (Lipinski definition) is 2.